The lowest BCUT2D eigenvalue weighted by atomic mass is 10.1. The molecular weight excluding hydrogens is 400 g/mol. The number of thiophene rings is 1. The van der Waals surface area contributed by atoms with E-state index < -0.39 is 0 Å². The maximum Gasteiger partial charge on any atom is 0.254 e. The zero-order chi connectivity index (χ0) is 20.9. The fraction of sp³-hybridized carbons (Fsp3) is 0.227. The van der Waals surface area contributed by atoms with Gasteiger partial charge in [-0.15, -0.1) is 0 Å². The fourth-order valence-corrected chi connectivity index (χ4v) is 4.20. The topological polar surface area (TPSA) is 83.4 Å². The molecule has 0 radical (unpaired) electrons. The quantitative estimate of drug-likeness (QED) is 0.641. The van der Waals surface area contributed by atoms with Gasteiger partial charge in [-0.05, 0) is 58.8 Å². The van der Waals surface area contributed by atoms with Crippen LogP contribution in [0.25, 0.3) is 0 Å². The Kier molecular flexibility index (Phi) is 5.94. The van der Waals surface area contributed by atoms with Crippen molar-refractivity contribution in [2.75, 3.05) is 25.0 Å². The second-order valence-corrected chi connectivity index (χ2v) is 7.89. The van der Waals surface area contributed by atoms with Crippen LogP contribution in [0.2, 0.25) is 0 Å². The molecule has 1 saturated heterocycles. The van der Waals surface area contributed by atoms with Crippen molar-refractivity contribution in [3.63, 3.8) is 0 Å². The van der Waals surface area contributed by atoms with E-state index in [1.165, 1.54) is 4.90 Å². The van der Waals surface area contributed by atoms with Gasteiger partial charge in [0.25, 0.3) is 5.91 Å². The largest absolute Gasteiger partial charge is 0.353 e. The molecule has 30 heavy (non-hydrogen) atoms. The van der Waals surface area contributed by atoms with Gasteiger partial charge in [0.15, 0.2) is 0 Å². The number of amides is 3. The summed E-state index contributed by atoms with van der Waals surface area (Å²) in [6.45, 7) is 1.03. The van der Waals surface area contributed by atoms with E-state index in [9.17, 15) is 14.4 Å². The summed E-state index contributed by atoms with van der Waals surface area (Å²) >= 11 is 1.61. The van der Waals surface area contributed by atoms with Crippen LogP contribution in [0.4, 0.5) is 5.69 Å². The minimum atomic E-state index is -0.187. The molecule has 1 aromatic carbocycles. The Labute approximate surface area is 178 Å². The van der Waals surface area contributed by atoms with Crippen molar-refractivity contribution in [2.24, 2.45) is 0 Å². The van der Waals surface area contributed by atoms with Crippen molar-refractivity contribution in [2.45, 2.75) is 12.5 Å². The molecule has 3 aromatic rings. The summed E-state index contributed by atoms with van der Waals surface area (Å²) in [6, 6.07) is 12.6. The van der Waals surface area contributed by atoms with Crippen LogP contribution in [0.3, 0.4) is 0 Å². The van der Waals surface area contributed by atoms with Gasteiger partial charge in [-0.1, -0.05) is 0 Å². The Balaban J connectivity index is 1.39. The van der Waals surface area contributed by atoms with Gasteiger partial charge in [-0.25, -0.2) is 0 Å². The van der Waals surface area contributed by atoms with E-state index in [-0.39, 0.29) is 30.3 Å². The Bertz CT molecular complexity index is 979. The number of rotatable bonds is 6. The zero-order valence-electron chi connectivity index (χ0n) is 16.3. The van der Waals surface area contributed by atoms with E-state index in [1.807, 2.05) is 40.5 Å². The minimum absolute atomic E-state index is 0.0701. The highest BCUT2D eigenvalue weighted by atomic mass is 32.1. The summed E-state index contributed by atoms with van der Waals surface area (Å²) in [6.07, 6.45) is 4.21. The Morgan fingerprint density at radius 3 is 2.57 bits per heavy atom. The van der Waals surface area contributed by atoms with Crippen LogP contribution in [0, 0.1) is 0 Å². The minimum Gasteiger partial charge on any atom is -0.353 e. The number of nitrogens with zero attached hydrogens (tertiary/aromatic N) is 2. The van der Waals surface area contributed by atoms with Gasteiger partial charge in [0.2, 0.25) is 11.8 Å². The molecule has 1 unspecified atom stereocenters. The Hall–Kier alpha value is -3.39. The number of carbonyl (C=O) groups is 3. The predicted octanol–water partition coefficient (Wildman–Crippen LogP) is 2.74. The Morgan fingerprint density at radius 1 is 1.13 bits per heavy atom. The lowest BCUT2D eigenvalue weighted by Crippen LogP contribution is -2.49. The lowest BCUT2D eigenvalue weighted by Gasteiger charge is -2.26. The molecule has 3 amide bonds. The summed E-state index contributed by atoms with van der Waals surface area (Å²) in [4.78, 5) is 38.2. The van der Waals surface area contributed by atoms with Crippen LogP contribution in [0.15, 0.2) is 65.6 Å². The number of piperazine rings is 1. The average Bonchev–Trinajstić information content (AvgIpc) is 3.46. The smallest absolute Gasteiger partial charge is 0.254 e. The number of hydrogen-bond donors (Lipinski definition) is 2. The van der Waals surface area contributed by atoms with Crippen molar-refractivity contribution in [3.05, 3.63) is 76.7 Å². The van der Waals surface area contributed by atoms with Crippen molar-refractivity contribution in [1.29, 1.82) is 0 Å². The standard InChI is InChI=1S/C22H22N4O3S/c27-20(13-19(17-7-12-30-15-17)25-9-1-2-10-25)24-18-5-3-16(4-6-18)22(29)26-11-8-23-21(28)14-26/h1-7,9-10,12,15,19H,8,11,13-14H2,(H,23,28)(H,24,27). The molecule has 2 N–H and O–H groups in total. The first-order valence-electron chi connectivity index (χ1n) is 9.70. The normalized spacial score (nSPS) is 14.8. The molecule has 2 aromatic heterocycles. The third kappa shape index (κ3) is 4.60. The highest BCUT2D eigenvalue weighted by Gasteiger charge is 2.22. The van der Waals surface area contributed by atoms with E-state index >= 15 is 0 Å². The summed E-state index contributed by atoms with van der Waals surface area (Å²) in [5, 5.41) is 9.67. The summed E-state index contributed by atoms with van der Waals surface area (Å²) in [7, 11) is 0. The van der Waals surface area contributed by atoms with E-state index in [1.54, 1.807) is 35.6 Å². The zero-order valence-corrected chi connectivity index (χ0v) is 17.1. The maximum absolute atomic E-state index is 12.7. The van der Waals surface area contributed by atoms with Crippen molar-refractivity contribution < 1.29 is 14.4 Å². The number of benzene rings is 1. The van der Waals surface area contributed by atoms with Gasteiger partial charge in [-0.2, -0.15) is 11.3 Å². The molecule has 8 heteroatoms. The predicted molar refractivity (Wildman–Crippen MR) is 115 cm³/mol. The summed E-state index contributed by atoms with van der Waals surface area (Å²) < 4.78 is 2.03. The highest BCUT2D eigenvalue weighted by Crippen LogP contribution is 2.25. The number of anilines is 1. The van der Waals surface area contributed by atoms with Gasteiger partial charge in [0.1, 0.15) is 0 Å². The van der Waals surface area contributed by atoms with Crippen molar-refractivity contribution >= 4 is 34.7 Å². The van der Waals surface area contributed by atoms with Crippen LogP contribution in [0.1, 0.15) is 28.4 Å². The molecule has 3 heterocycles. The van der Waals surface area contributed by atoms with Gasteiger partial charge in [0, 0.05) is 36.7 Å². The van der Waals surface area contributed by atoms with Gasteiger partial charge in [-0.3, -0.25) is 14.4 Å². The molecule has 0 aliphatic carbocycles. The Morgan fingerprint density at radius 2 is 1.90 bits per heavy atom. The van der Waals surface area contributed by atoms with E-state index in [0.29, 0.717) is 30.8 Å². The molecule has 0 bridgehead atoms. The van der Waals surface area contributed by atoms with Gasteiger partial charge >= 0.3 is 0 Å². The van der Waals surface area contributed by atoms with Crippen molar-refractivity contribution in [1.82, 2.24) is 14.8 Å². The van der Waals surface area contributed by atoms with Crippen molar-refractivity contribution in [3.8, 4) is 0 Å². The lowest BCUT2D eigenvalue weighted by molar-refractivity contribution is -0.123. The van der Waals surface area contributed by atoms with Gasteiger partial charge < -0.3 is 20.1 Å². The van der Waals surface area contributed by atoms with Crippen LogP contribution < -0.4 is 10.6 Å². The number of aromatic nitrogens is 1. The molecule has 1 aliphatic heterocycles. The first-order chi connectivity index (χ1) is 14.6. The molecule has 0 saturated carbocycles. The monoisotopic (exact) mass is 422 g/mol. The third-order valence-electron chi connectivity index (χ3n) is 5.04. The molecule has 0 spiro atoms. The molecule has 1 fully saturated rings. The number of nitrogens with one attached hydrogen (secondary N) is 2. The first-order valence-corrected chi connectivity index (χ1v) is 10.6. The molecule has 1 atom stereocenters. The molecule has 7 nitrogen and oxygen atoms in total. The van der Waals surface area contributed by atoms with Crippen LogP contribution in [-0.2, 0) is 9.59 Å². The van der Waals surface area contributed by atoms with E-state index in [0.717, 1.165) is 5.56 Å². The molecule has 4 rings (SSSR count). The summed E-state index contributed by atoms with van der Waals surface area (Å²) in [5.74, 6) is -0.444. The second-order valence-electron chi connectivity index (χ2n) is 7.11. The molecular formula is C22H22N4O3S. The van der Waals surface area contributed by atoms with Crippen LogP contribution in [0.5, 0.6) is 0 Å². The fourth-order valence-electron chi connectivity index (χ4n) is 3.49. The second kappa shape index (κ2) is 8.96. The summed E-state index contributed by atoms with van der Waals surface area (Å²) in [5.41, 5.74) is 2.22. The SMILES string of the molecule is O=C1CN(C(=O)c2ccc(NC(=O)CC(c3ccsc3)n3cccc3)cc2)CCN1. The van der Waals surface area contributed by atoms with Crippen LogP contribution >= 0.6 is 11.3 Å². The molecule has 1 aliphatic rings. The average molecular weight is 423 g/mol. The van der Waals surface area contributed by atoms with Gasteiger partial charge in [0.05, 0.1) is 19.0 Å². The maximum atomic E-state index is 12.7. The van der Waals surface area contributed by atoms with E-state index in [2.05, 4.69) is 16.0 Å². The molecule has 154 valence electrons. The third-order valence-corrected chi connectivity index (χ3v) is 5.74. The number of hydrogen-bond acceptors (Lipinski definition) is 4. The first kappa shape index (κ1) is 19.9. The van der Waals surface area contributed by atoms with Crippen LogP contribution in [-0.4, -0.2) is 46.8 Å². The van der Waals surface area contributed by atoms with E-state index in [4.69, 9.17) is 0 Å². The number of carbonyl (C=O) groups excluding carboxylic acids is 3. The highest BCUT2D eigenvalue weighted by molar-refractivity contribution is 7.08.